The summed E-state index contributed by atoms with van der Waals surface area (Å²) in [5.41, 5.74) is 15.9. The number of hydrogen-bond donors (Lipinski definition) is 0. The minimum absolute atomic E-state index is 0.0167. The van der Waals surface area contributed by atoms with Gasteiger partial charge in [-0.15, -0.1) is 0 Å². The highest BCUT2D eigenvalue weighted by Gasteiger charge is 2.60. The third-order valence-electron chi connectivity index (χ3n) is 10.3. The van der Waals surface area contributed by atoms with Gasteiger partial charge in [0.25, 0.3) is 0 Å². The molecule has 0 saturated heterocycles. The van der Waals surface area contributed by atoms with Crippen molar-refractivity contribution in [1.82, 2.24) is 0 Å². The monoisotopic (exact) mass is 490 g/mol. The van der Waals surface area contributed by atoms with Crippen LogP contribution in [0.1, 0.15) is 82.2 Å². The van der Waals surface area contributed by atoms with E-state index in [0.717, 1.165) is 36.0 Å². The molecule has 2 aromatic carbocycles. The maximum absolute atomic E-state index is 12.7. The van der Waals surface area contributed by atoms with Gasteiger partial charge < -0.3 is 0 Å². The van der Waals surface area contributed by atoms with E-state index in [9.17, 15) is 4.79 Å². The lowest BCUT2D eigenvalue weighted by molar-refractivity contribution is -0.113. The Hall–Kier alpha value is -2.93. The van der Waals surface area contributed by atoms with Gasteiger partial charge in [-0.05, 0) is 116 Å². The van der Waals surface area contributed by atoms with Crippen molar-refractivity contribution in [3.8, 4) is 11.1 Å². The molecule has 0 aromatic heterocycles. The van der Waals surface area contributed by atoms with Gasteiger partial charge in [-0.1, -0.05) is 86.5 Å². The smallest absolute Gasteiger partial charge is 0.160 e. The van der Waals surface area contributed by atoms with Gasteiger partial charge in [-0.25, -0.2) is 0 Å². The van der Waals surface area contributed by atoms with Crippen LogP contribution in [0.3, 0.4) is 0 Å². The molecule has 37 heavy (non-hydrogen) atoms. The average Bonchev–Trinajstić information content (AvgIpc) is 2.75. The number of Topliss-reactive ketones (excluding diaryl/α,β-unsaturated/α-hetero) is 1. The molecule has 1 nitrogen and oxygen atoms in total. The van der Waals surface area contributed by atoms with Crippen molar-refractivity contribution in [1.29, 1.82) is 0 Å². The van der Waals surface area contributed by atoms with Crippen LogP contribution in [0.4, 0.5) is 0 Å². The first kappa shape index (κ1) is 25.7. The van der Waals surface area contributed by atoms with E-state index in [2.05, 4.69) is 92.3 Å². The second kappa shape index (κ2) is 8.03. The minimum Gasteiger partial charge on any atom is -0.295 e. The van der Waals surface area contributed by atoms with Gasteiger partial charge in [0, 0.05) is 11.0 Å². The molecule has 0 radical (unpaired) electrons. The Morgan fingerprint density at radius 3 is 2.11 bits per heavy atom. The summed E-state index contributed by atoms with van der Waals surface area (Å²) in [6.45, 7) is 29.3. The van der Waals surface area contributed by atoms with E-state index in [1.54, 1.807) is 6.92 Å². The number of carbonyl (C=O) groups excluding carboxylic acids is 1. The summed E-state index contributed by atoms with van der Waals surface area (Å²) in [5, 5.41) is 0. The molecule has 0 bridgehead atoms. The van der Waals surface area contributed by atoms with Gasteiger partial charge >= 0.3 is 0 Å². The van der Waals surface area contributed by atoms with Crippen LogP contribution >= 0.6 is 0 Å². The van der Waals surface area contributed by atoms with E-state index < -0.39 is 0 Å². The fourth-order valence-electron chi connectivity index (χ4n) is 8.83. The molecule has 1 heteroatoms. The van der Waals surface area contributed by atoms with E-state index in [-0.39, 0.29) is 22.0 Å². The fourth-order valence-corrected chi connectivity index (χ4v) is 8.83. The predicted molar refractivity (Wildman–Crippen MR) is 158 cm³/mol. The molecule has 0 N–H and O–H groups in total. The van der Waals surface area contributed by atoms with E-state index >= 15 is 0 Å². The summed E-state index contributed by atoms with van der Waals surface area (Å²) in [6.07, 6.45) is 2.97. The molecule has 0 spiro atoms. The number of rotatable bonds is 2. The van der Waals surface area contributed by atoms with Crippen molar-refractivity contribution in [2.45, 2.75) is 81.6 Å². The van der Waals surface area contributed by atoms with Gasteiger partial charge in [0.1, 0.15) is 0 Å². The van der Waals surface area contributed by atoms with Crippen molar-refractivity contribution >= 4 is 11.4 Å². The van der Waals surface area contributed by atoms with Gasteiger partial charge in [0.2, 0.25) is 0 Å². The summed E-state index contributed by atoms with van der Waals surface area (Å²) < 4.78 is 0. The lowest BCUT2D eigenvalue weighted by Crippen LogP contribution is -2.52. The number of carbonyl (C=O) groups is 1. The minimum atomic E-state index is -0.276. The summed E-state index contributed by atoms with van der Waals surface area (Å²) in [6, 6.07) is 11.5. The molecule has 0 unspecified atom stereocenters. The molecule has 0 saturated carbocycles. The normalized spacial score (nSPS) is 29.2. The Bertz CT molecular complexity index is 1470. The Kier molecular flexibility index (Phi) is 5.58. The molecule has 3 atom stereocenters. The van der Waals surface area contributed by atoms with Gasteiger partial charge in [0.15, 0.2) is 5.78 Å². The largest absolute Gasteiger partial charge is 0.295 e. The quantitative estimate of drug-likeness (QED) is 0.410. The highest BCUT2D eigenvalue weighted by atomic mass is 16.1. The zero-order valence-corrected chi connectivity index (χ0v) is 24.3. The predicted octanol–water partition coefficient (Wildman–Crippen LogP) is 9.45. The summed E-state index contributed by atoms with van der Waals surface area (Å²) in [4.78, 5) is 12.7. The number of fused-ring (bicyclic) bond motifs is 3. The number of benzene rings is 2. The van der Waals surface area contributed by atoms with E-state index in [0.29, 0.717) is 0 Å². The van der Waals surface area contributed by atoms with Gasteiger partial charge in [0.05, 0.1) is 0 Å². The molecule has 5 rings (SSSR count). The molecular weight excluding hydrogens is 448 g/mol. The molecule has 0 aliphatic heterocycles. The Labute approximate surface area is 224 Å². The highest BCUT2D eigenvalue weighted by molar-refractivity contribution is 6.00. The average molecular weight is 491 g/mol. The van der Waals surface area contributed by atoms with Crippen molar-refractivity contribution < 1.29 is 4.79 Å². The van der Waals surface area contributed by atoms with Crippen molar-refractivity contribution in [2.24, 2.45) is 16.2 Å². The second-order valence-electron chi connectivity index (χ2n) is 13.1. The fraction of sp³-hybridized carbons (Fsp3) is 0.417. The number of hydrogen-bond acceptors (Lipinski definition) is 1. The Morgan fingerprint density at radius 2 is 1.51 bits per heavy atom. The van der Waals surface area contributed by atoms with E-state index in [1.165, 1.54) is 55.7 Å². The maximum atomic E-state index is 12.7. The molecule has 192 valence electrons. The molecule has 2 aromatic rings. The highest BCUT2D eigenvalue weighted by Crippen LogP contribution is 2.70. The second-order valence-corrected chi connectivity index (χ2v) is 13.1. The van der Waals surface area contributed by atoms with Crippen molar-refractivity contribution in [3.05, 3.63) is 99.2 Å². The third kappa shape index (κ3) is 3.39. The Morgan fingerprint density at radius 1 is 0.892 bits per heavy atom. The van der Waals surface area contributed by atoms with Crippen LogP contribution in [0, 0.1) is 37.0 Å². The standard InChI is InChI=1S/C36H42O/c1-20-14-21(2)16-28(15-20)29-13-12-22(3)31-24(5)33-26(7)36(11)25(6)32(27(8)37)23(4)17-35(36,10)19-34(33,9)18-30(29)31/h12-16H,5-6,17-19H2,1-4,7-11H3/t34-,35+,36-/m1/s1. The summed E-state index contributed by atoms with van der Waals surface area (Å²) in [7, 11) is 0. The SMILES string of the molecule is C=C1C2=C(C)[C@@]3(C)C(=C)C(C(C)=O)=C(C)C[C@@]3(C)C[C@@]2(C)Cc2c(-c3cc(C)cc(C)c3)ccc(C)c21. The topological polar surface area (TPSA) is 17.1 Å². The molecular formula is C36H42O. The van der Waals surface area contributed by atoms with E-state index in [1.807, 2.05) is 0 Å². The molecule has 0 amide bonds. The van der Waals surface area contributed by atoms with Crippen molar-refractivity contribution in [2.75, 3.05) is 0 Å². The van der Waals surface area contributed by atoms with Crippen LogP contribution in [-0.4, -0.2) is 5.78 Å². The number of allylic oxidation sites excluding steroid dienone is 6. The van der Waals surface area contributed by atoms with Crippen LogP contribution in [0.15, 0.2) is 71.4 Å². The molecule has 0 fully saturated rings. The first-order valence-electron chi connectivity index (χ1n) is 13.7. The molecule has 3 aliphatic carbocycles. The van der Waals surface area contributed by atoms with Crippen LogP contribution in [0.25, 0.3) is 16.7 Å². The Balaban J connectivity index is 1.78. The summed E-state index contributed by atoms with van der Waals surface area (Å²) in [5.74, 6) is 0.138. The maximum Gasteiger partial charge on any atom is 0.160 e. The number of aryl methyl sites for hydroxylation is 3. The zero-order valence-electron chi connectivity index (χ0n) is 24.3. The van der Waals surface area contributed by atoms with Crippen LogP contribution in [0.5, 0.6) is 0 Å². The van der Waals surface area contributed by atoms with E-state index in [4.69, 9.17) is 6.58 Å². The van der Waals surface area contributed by atoms with Gasteiger partial charge in [-0.3, -0.25) is 4.79 Å². The lowest BCUT2D eigenvalue weighted by Gasteiger charge is -2.62. The number of ketones is 1. The molecule has 0 heterocycles. The summed E-state index contributed by atoms with van der Waals surface area (Å²) >= 11 is 0. The first-order valence-corrected chi connectivity index (χ1v) is 13.7. The van der Waals surface area contributed by atoms with Crippen LogP contribution in [0.2, 0.25) is 0 Å². The van der Waals surface area contributed by atoms with Crippen LogP contribution < -0.4 is 0 Å². The van der Waals surface area contributed by atoms with Crippen molar-refractivity contribution in [3.63, 3.8) is 0 Å². The first-order chi connectivity index (χ1) is 17.1. The van der Waals surface area contributed by atoms with Gasteiger partial charge in [-0.2, -0.15) is 0 Å². The van der Waals surface area contributed by atoms with Crippen LogP contribution in [-0.2, 0) is 11.2 Å². The zero-order chi connectivity index (χ0) is 27.2. The lowest BCUT2D eigenvalue weighted by atomic mass is 9.41. The third-order valence-corrected chi connectivity index (χ3v) is 10.3. The molecule has 3 aliphatic rings.